The van der Waals surface area contributed by atoms with E-state index in [0.717, 1.165) is 5.56 Å². The van der Waals surface area contributed by atoms with Crippen molar-refractivity contribution < 1.29 is 27.4 Å². The summed E-state index contributed by atoms with van der Waals surface area (Å²) in [6.07, 6.45) is 1.62. The summed E-state index contributed by atoms with van der Waals surface area (Å²) in [4.78, 5) is 12.3. The van der Waals surface area contributed by atoms with Gasteiger partial charge in [-0.2, -0.15) is 0 Å². The minimum atomic E-state index is -3.81. The number of nitrogens with one attached hydrogen (secondary N) is 2. The number of sulfonamides is 1. The Morgan fingerprint density at radius 1 is 1.13 bits per heavy atom. The van der Waals surface area contributed by atoms with Crippen LogP contribution in [-0.2, 0) is 26.1 Å². The van der Waals surface area contributed by atoms with Crippen molar-refractivity contribution in [1.82, 2.24) is 10.0 Å². The van der Waals surface area contributed by atoms with Crippen LogP contribution in [0, 0.1) is 12.7 Å². The molecule has 7 nitrogen and oxygen atoms in total. The number of halogens is 1. The van der Waals surface area contributed by atoms with Crippen LogP contribution >= 0.6 is 0 Å². The first-order valence-corrected chi connectivity index (χ1v) is 11.3. The second-order valence-electron chi connectivity index (χ2n) is 7.31. The molecule has 1 amide bonds. The van der Waals surface area contributed by atoms with Crippen LogP contribution in [0.25, 0.3) is 0 Å². The van der Waals surface area contributed by atoms with Crippen LogP contribution in [0.3, 0.4) is 0 Å². The average molecular weight is 449 g/mol. The van der Waals surface area contributed by atoms with Gasteiger partial charge in [0.1, 0.15) is 11.9 Å². The van der Waals surface area contributed by atoms with E-state index in [1.165, 1.54) is 18.2 Å². The van der Waals surface area contributed by atoms with Crippen LogP contribution < -0.4 is 10.0 Å². The van der Waals surface area contributed by atoms with Gasteiger partial charge >= 0.3 is 0 Å². The summed E-state index contributed by atoms with van der Waals surface area (Å²) >= 11 is 0. The Hall–Kier alpha value is -2.59. The van der Waals surface area contributed by atoms with E-state index in [9.17, 15) is 22.7 Å². The molecular formula is C22H25FN2O5S. The highest BCUT2D eigenvalue weighted by atomic mass is 32.2. The van der Waals surface area contributed by atoms with Gasteiger partial charge in [0.05, 0.1) is 30.1 Å². The van der Waals surface area contributed by atoms with E-state index >= 15 is 0 Å². The number of aliphatic hydroxyl groups excluding tert-OH is 1. The number of benzene rings is 2. The predicted octanol–water partition coefficient (Wildman–Crippen LogP) is 1.80. The highest BCUT2D eigenvalue weighted by molar-refractivity contribution is 7.89. The van der Waals surface area contributed by atoms with Gasteiger partial charge < -0.3 is 15.2 Å². The molecule has 0 aliphatic carbocycles. The van der Waals surface area contributed by atoms with E-state index in [-0.39, 0.29) is 23.8 Å². The monoisotopic (exact) mass is 448 g/mol. The third-order valence-corrected chi connectivity index (χ3v) is 6.38. The maximum absolute atomic E-state index is 13.6. The van der Waals surface area contributed by atoms with Crippen LogP contribution in [0.15, 0.2) is 65.6 Å². The number of ether oxygens (including phenoxy) is 1. The summed E-state index contributed by atoms with van der Waals surface area (Å²) < 4.78 is 47.1. The molecule has 0 saturated carbocycles. The second-order valence-corrected chi connectivity index (χ2v) is 9.03. The number of aryl methyl sites for hydroxylation is 1. The van der Waals surface area contributed by atoms with Crippen molar-refractivity contribution in [2.45, 2.75) is 43.0 Å². The summed E-state index contributed by atoms with van der Waals surface area (Å²) in [5.41, 5.74) is 1.30. The zero-order valence-electron chi connectivity index (χ0n) is 17.0. The topological polar surface area (TPSA) is 105 Å². The molecule has 1 aliphatic rings. The summed E-state index contributed by atoms with van der Waals surface area (Å²) in [6.45, 7) is 1.47. The van der Waals surface area contributed by atoms with E-state index in [2.05, 4.69) is 10.0 Å². The third kappa shape index (κ3) is 6.20. The number of hydrogen-bond acceptors (Lipinski definition) is 5. The summed E-state index contributed by atoms with van der Waals surface area (Å²) in [6, 6.07) is 11.8. The van der Waals surface area contributed by atoms with Gasteiger partial charge in [0.15, 0.2) is 0 Å². The summed E-state index contributed by atoms with van der Waals surface area (Å²) in [5.74, 6) is -0.756. The van der Waals surface area contributed by atoms with Gasteiger partial charge in [-0.3, -0.25) is 4.79 Å². The van der Waals surface area contributed by atoms with Crippen LogP contribution in [0.2, 0.25) is 0 Å². The number of amides is 1. The number of carbonyl (C=O) groups excluding carboxylic acids is 1. The van der Waals surface area contributed by atoms with Gasteiger partial charge in [0.25, 0.3) is 0 Å². The minimum absolute atomic E-state index is 0.0428. The van der Waals surface area contributed by atoms with Crippen molar-refractivity contribution in [3.8, 4) is 0 Å². The summed E-state index contributed by atoms with van der Waals surface area (Å²) in [7, 11) is -3.81. The van der Waals surface area contributed by atoms with E-state index in [0.29, 0.717) is 5.56 Å². The lowest BCUT2D eigenvalue weighted by Crippen LogP contribution is -2.49. The lowest BCUT2D eigenvalue weighted by atomic mass is 10.1. The fraction of sp³-hybridized carbons (Fsp3) is 0.318. The number of rotatable bonds is 8. The Kier molecular flexibility index (Phi) is 7.55. The lowest BCUT2D eigenvalue weighted by molar-refractivity contribution is -0.125. The minimum Gasteiger partial charge on any atom is -0.394 e. The Bertz CT molecular complexity index is 1040. The number of hydrogen-bond donors (Lipinski definition) is 3. The quantitative estimate of drug-likeness (QED) is 0.534. The smallest absolute Gasteiger partial charge is 0.241 e. The third-order valence-electron chi connectivity index (χ3n) is 4.91. The Labute approximate surface area is 181 Å². The highest BCUT2D eigenvalue weighted by Gasteiger charge is 2.31. The fourth-order valence-electron chi connectivity index (χ4n) is 3.17. The van der Waals surface area contributed by atoms with Gasteiger partial charge in [-0.05, 0) is 25.1 Å². The largest absolute Gasteiger partial charge is 0.394 e. The molecule has 3 N–H and O–H groups in total. The zero-order chi connectivity index (χ0) is 22.4. The molecule has 3 rings (SSSR count). The van der Waals surface area contributed by atoms with Gasteiger partial charge in [0, 0.05) is 12.1 Å². The first kappa shape index (κ1) is 23.1. The molecule has 0 fully saturated rings. The standard InChI is InChI=1S/C22H25FN2O5S/c1-15-6-9-18(10-7-15)31(28,29)25-20-11-8-17(30-21(20)14-26)12-22(27)24-13-16-4-2-3-5-19(16)23/h2-11,17,20-21,25-26H,12-14H2,1H3,(H,24,27)/t17-,20+,21-/m0/s1. The zero-order valence-corrected chi connectivity index (χ0v) is 17.8. The molecule has 0 bridgehead atoms. The first-order valence-electron chi connectivity index (χ1n) is 9.82. The molecule has 166 valence electrons. The molecule has 0 spiro atoms. The predicted molar refractivity (Wildman–Crippen MR) is 113 cm³/mol. The van der Waals surface area contributed by atoms with Crippen molar-refractivity contribution in [2.24, 2.45) is 0 Å². The average Bonchev–Trinajstić information content (AvgIpc) is 2.74. The first-order chi connectivity index (χ1) is 14.8. The molecule has 31 heavy (non-hydrogen) atoms. The molecule has 9 heteroatoms. The van der Waals surface area contributed by atoms with E-state index in [1.807, 2.05) is 6.92 Å². The Morgan fingerprint density at radius 2 is 1.84 bits per heavy atom. The molecule has 3 atom stereocenters. The van der Waals surface area contributed by atoms with Crippen molar-refractivity contribution in [3.05, 3.63) is 77.6 Å². The molecular weight excluding hydrogens is 423 g/mol. The van der Waals surface area contributed by atoms with E-state index < -0.39 is 40.7 Å². The maximum Gasteiger partial charge on any atom is 0.241 e. The molecule has 2 aromatic rings. The lowest BCUT2D eigenvalue weighted by Gasteiger charge is -2.31. The van der Waals surface area contributed by atoms with E-state index in [4.69, 9.17) is 4.74 Å². The van der Waals surface area contributed by atoms with Crippen LogP contribution in [0.1, 0.15) is 17.5 Å². The van der Waals surface area contributed by atoms with Crippen LogP contribution in [0.5, 0.6) is 0 Å². The van der Waals surface area contributed by atoms with Crippen molar-refractivity contribution >= 4 is 15.9 Å². The number of carbonyl (C=O) groups is 1. The molecule has 2 aromatic carbocycles. The molecule has 0 aromatic heterocycles. The molecule has 0 unspecified atom stereocenters. The molecule has 1 heterocycles. The van der Waals surface area contributed by atoms with Gasteiger partial charge in [-0.1, -0.05) is 48.0 Å². The molecule has 0 radical (unpaired) electrons. The van der Waals surface area contributed by atoms with Crippen LogP contribution in [0.4, 0.5) is 4.39 Å². The van der Waals surface area contributed by atoms with Gasteiger partial charge in [-0.15, -0.1) is 0 Å². The Balaban J connectivity index is 1.59. The normalized spacial score (nSPS) is 21.1. The highest BCUT2D eigenvalue weighted by Crippen LogP contribution is 2.19. The van der Waals surface area contributed by atoms with Crippen LogP contribution in [-0.4, -0.2) is 44.3 Å². The van der Waals surface area contributed by atoms with Gasteiger partial charge in [-0.25, -0.2) is 17.5 Å². The van der Waals surface area contributed by atoms with E-state index in [1.54, 1.807) is 42.5 Å². The Morgan fingerprint density at radius 3 is 2.52 bits per heavy atom. The van der Waals surface area contributed by atoms with Crippen molar-refractivity contribution in [1.29, 1.82) is 0 Å². The molecule has 1 aliphatic heterocycles. The molecule has 0 saturated heterocycles. The second kappa shape index (κ2) is 10.1. The number of aliphatic hydroxyl groups is 1. The maximum atomic E-state index is 13.6. The fourth-order valence-corrected chi connectivity index (χ4v) is 4.38. The van der Waals surface area contributed by atoms with Crippen molar-refractivity contribution in [3.63, 3.8) is 0 Å². The SMILES string of the molecule is Cc1ccc(S(=O)(=O)N[C@@H]2C=C[C@@H](CC(=O)NCc3ccccc3F)O[C@H]2CO)cc1. The van der Waals surface area contributed by atoms with Gasteiger partial charge in [0.2, 0.25) is 15.9 Å². The summed E-state index contributed by atoms with van der Waals surface area (Å²) in [5, 5.41) is 12.3. The van der Waals surface area contributed by atoms with Crippen molar-refractivity contribution in [2.75, 3.05) is 6.61 Å².